The molecule has 0 bridgehead atoms. The SMILES string of the molecule is COC1CN(c2cc(N3CCCC(CO)C3)ncn2)CCC1C. The van der Waals surface area contributed by atoms with Crippen molar-refractivity contribution in [2.45, 2.75) is 32.3 Å². The molecule has 0 aromatic carbocycles. The molecule has 3 atom stereocenters. The molecule has 6 heteroatoms. The fourth-order valence-corrected chi connectivity index (χ4v) is 3.65. The highest BCUT2D eigenvalue weighted by molar-refractivity contribution is 5.50. The van der Waals surface area contributed by atoms with Crippen LogP contribution in [0, 0.1) is 11.8 Å². The molecule has 2 fully saturated rings. The van der Waals surface area contributed by atoms with Crippen molar-refractivity contribution in [3.63, 3.8) is 0 Å². The summed E-state index contributed by atoms with van der Waals surface area (Å²) in [7, 11) is 1.79. The first-order chi connectivity index (χ1) is 11.2. The number of ether oxygens (including phenoxy) is 1. The van der Waals surface area contributed by atoms with E-state index in [0.29, 0.717) is 11.8 Å². The lowest BCUT2D eigenvalue weighted by Gasteiger charge is -2.37. The number of anilines is 2. The molecule has 3 rings (SSSR count). The molecule has 2 aliphatic rings. The van der Waals surface area contributed by atoms with Crippen LogP contribution in [0.3, 0.4) is 0 Å². The molecule has 0 amide bonds. The Hall–Kier alpha value is -1.40. The van der Waals surface area contributed by atoms with Gasteiger partial charge in [0.2, 0.25) is 0 Å². The molecule has 1 aromatic rings. The number of piperidine rings is 2. The lowest BCUT2D eigenvalue weighted by Crippen LogP contribution is -2.44. The highest BCUT2D eigenvalue weighted by Gasteiger charge is 2.27. The summed E-state index contributed by atoms with van der Waals surface area (Å²) >= 11 is 0. The van der Waals surface area contributed by atoms with Crippen LogP contribution in [0.5, 0.6) is 0 Å². The normalized spacial score (nSPS) is 28.9. The average Bonchev–Trinajstić information content (AvgIpc) is 2.62. The first kappa shape index (κ1) is 16.5. The van der Waals surface area contributed by atoms with Crippen molar-refractivity contribution < 1.29 is 9.84 Å². The van der Waals surface area contributed by atoms with Crippen LogP contribution in [0.2, 0.25) is 0 Å². The van der Waals surface area contributed by atoms with Crippen molar-refractivity contribution in [2.75, 3.05) is 49.7 Å². The molecule has 2 saturated heterocycles. The molecule has 0 radical (unpaired) electrons. The highest BCUT2D eigenvalue weighted by atomic mass is 16.5. The summed E-state index contributed by atoms with van der Waals surface area (Å²) in [6.07, 6.45) is 5.25. The molecule has 3 unspecified atom stereocenters. The smallest absolute Gasteiger partial charge is 0.134 e. The molecule has 6 nitrogen and oxygen atoms in total. The van der Waals surface area contributed by atoms with Crippen LogP contribution in [-0.2, 0) is 4.74 Å². The summed E-state index contributed by atoms with van der Waals surface area (Å²) in [5.41, 5.74) is 0. The zero-order chi connectivity index (χ0) is 16.2. The maximum atomic E-state index is 9.41. The van der Waals surface area contributed by atoms with Crippen LogP contribution in [-0.4, -0.2) is 61.1 Å². The van der Waals surface area contributed by atoms with Gasteiger partial charge in [-0.2, -0.15) is 0 Å². The Bertz CT molecular complexity index is 513. The summed E-state index contributed by atoms with van der Waals surface area (Å²) in [6.45, 7) is 6.28. The number of aromatic nitrogens is 2. The van der Waals surface area contributed by atoms with Gasteiger partial charge in [0.15, 0.2) is 0 Å². The Kier molecular flexibility index (Phi) is 5.33. The van der Waals surface area contributed by atoms with Crippen LogP contribution >= 0.6 is 0 Å². The van der Waals surface area contributed by atoms with Gasteiger partial charge in [-0.05, 0) is 31.1 Å². The third-order valence-corrected chi connectivity index (χ3v) is 5.26. The molecule has 3 heterocycles. The Morgan fingerprint density at radius 1 is 1.17 bits per heavy atom. The maximum absolute atomic E-state index is 9.41. The third kappa shape index (κ3) is 3.75. The van der Waals surface area contributed by atoms with Crippen molar-refractivity contribution in [1.82, 2.24) is 9.97 Å². The monoisotopic (exact) mass is 320 g/mol. The fraction of sp³-hybridized carbons (Fsp3) is 0.765. The number of methoxy groups -OCH3 is 1. The zero-order valence-corrected chi connectivity index (χ0v) is 14.2. The Labute approximate surface area is 138 Å². The number of aliphatic hydroxyl groups is 1. The number of rotatable bonds is 4. The minimum atomic E-state index is 0.258. The van der Waals surface area contributed by atoms with Gasteiger partial charge in [0, 0.05) is 46.0 Å². The van der Waals surface area contributed by atoms with Crippen molar-refractivity contribution in [1.29, 1.82) is 0 Å². The Balaban J connectivity index is 1.72. The summed E-state index contributed by atoms with van der Waals surface area (Å²) in [5.74, 6) is 2.90. The van der Waals surface area contributed by atoms with Crippen molar-refractivity contribution in [2.24, 2.45) is 11.8 Å². The molecule has 2 aliphatic heterocycles. The van der Waals surface area contributed by atoms with E-state index in [1.54, 1.807) is 13.4 Å². The number of hydrogen-bond donors (Lipinski definition) is 1. The predicted octanol–water partition coefficient (Wildman–Crippen LogP) is 1.55. The fourth-order valence-electron chi connectivity index (χ4n) is 3.65. The van der Waals surface area contributed by atoms with Gasteiger partial charge in [0.1, 0.15) is 18.0 Å². The average molecular weight is 320 g/mol. The molecule has 128 valence electrons. The molecular formula is C17H28N4O2. The van der Waals surface area contributed by atoms with Crippen LogP contribution in [0.4, 0.5) is 11.6 Å². The van der Waals surface area contributed by atoms with Crippen LogP contribution in [0.1, 0.15) is 26.2 Å². The molecule has 1 N–H and O–H groups in total. The third-order valence-electron chi connectivity index (χ3n) is 5.26. The lowest BCUT2D eigenvalue weighted by molar-refractivity contribution is 0.0496. The second-order valence-corrected chi connectivity index (χ2v) is 6.86. The van der Waals surface area contributed by atoms with E-state index in [4.69, 9.17) is 4.74 Å². The number of hydrogen-bond acceptors (Lipinski definition) is 6. The topological polar surface area (TPSA) is 61.7 Å². The standard InChI is InChI=1S/C17H28N4O2/c1-13-5-7-21(10-15(13)23-2)17-8-16(18-12-19-17)20-6-3-4-14(9-20)11-22/h8,12-15,22H,3-7,9-11H2,1-2H3. The van der Waals surface area contributed by atoms with Gasteiger partial charge >= 0.3 is 0 Å². The van der Waals surface area contributed by atoms with Crippen molar-refractivity contribution in [3.8, 4) is 0 Å². The van der Waals surface area contributed by atoms with Crippen LogP contribution in [0.15, 0.2) is 12.4 Å². The van der Waals surface area contributed by atoms with Gasteiger partial charge in [-0.15, -0.1) is 0 Å². The van der Waals surface area contributed by atoms with Gasteiger partial charge in [-0.1, -0.05) is 6.92 Å². The van der Waals surface area contributed by atoms with Gasteiger partial charge in [-0.25, -0.2) is 9.97 Å². The van der Waals surface area contributed by atoms with Crippen molar-refractivity contribution in [3.05, 3.63) is 12.4 Å². The lowest BCUT2D eigenvalue weighted by atomic mass is 9.96. The van der Waals surface area contributed by atoms with E-state index < -0.39 is 0 Å². The first-order valence-electron chi connectivity index (χ1n) is 8.67. The second kappa shape index (κ2) is 7.45. The van der Waals surface area contributed by atoms with Gasteiger partial charge in [0.25, 0.3) is 0 Å². The van der Waals surface area contributed by atoms with E-state index in [1.165, 1.54) is 0 Å². The zero-order valence-electron chi connectivity index (χ0n) is 14.2. The summed E-state index contributed by atoms with van der Waals surface area (Å²) in [4.78, 5) is 13.5. The minimum Gasteiger partial charge on any atom is -0.396 e. The maximum Gasteiger partial charge on any atom is 0.134 e. The molecule has 0 saturated carbocycles. The van der Waals surface area contributed by atoms with Crippen LogP contribution < -0.4 is 9.80 Å². The largest absolute Gasteiger partial charge is 0.396 e. The molecule has 0 spiro atoms. The van der Waals surface area contributed by atoms with E-state index >= 15 is 0 Å². The minimum absolute atomic E-state index is 0.258. The van der Waals surface area contributed by atoms with E-state index in [-0.39, 0.29) is 12.7 Å². The number of aliphatic hydroxyl groups excluding tert-OH is 1. The summed E-state index contributed by atoms with van der Waals surface area (Å²) in [5, 5.41) is 9.41. The van der Waals surface area contributed by atoms with E-state index in [9.17, 15) is 5.11 Å². The summed E-state index contributed by atoms with van der Waals surface area (Å²) in [6, 6.07) is 2.09. The second-order valence-electron chi connectivity index (χ2n) is 6.86. The molecular weight excluding hydrogens is 292 g/mol. The molecule has 23 heavy (non-hydrogen) atoms. The Morgan fingerprint density at radius 2 is 1.91 bits per heavy atom. The van der Waals surface area contributed by atoms with Crippen LogP contribution in [0.25, 0.3) is 0 Å². The Morgan fingerprint density at radius 3 is 2.61 bits per heavy atom. The first-order valence-corrected chi connectivity index (χ1v) is 8.67. The van der Waals surface area contributed by atoms with Gasteiger partial charge in [-0.3, -0.25) is 0 Å². The van der Waals surface area contributed by atoms with Crippen molar-refractivity contribution >= 4 is 11.6 Å². The van der Waals surface area contributed by atoms with E-state index in [0.717, 1.165) is 57.1 Å². The van der Waals surface area contributed by atoms with Gasteiger partial charge in [0.05, 0.1) is 6.10 Å². The highest BCUT2D eigenvalue weighted by Crippen LogP contribution is 2.27. The molecule has 0 aliphatic carbocycles. The predicted molar refractivity (Wildman–Crippen MR) is 90.8 cm³/mol. The molecule has 1 aromatic heterocycles. The summed E-state index contributed by atoms with van der Waals surface area (Å²) < 4.78 is 5.61. The van der Waals surface area contributed by atoms with E-state index in [2.05, 4.69) is 32.8 Å². The quantitative estimate of drug-likeness (QED) is 0.908. The number of nitrogens with zero attached hydrogens (tertiary/aromatic N) is 4. The van der Waals surface area contributed by atoms with Gasteiger partial charge < -0.3 is 19.6 Å². The van der Waals surface area contributed by atoms with E-state index in [1.807, 2.05) is 0 Å².